The Hall–Kier alpha value is -1.41. The van der Waals surface area contributed by atoms with Crippen molar-refractivity contribution < 1.29 is 8.42 Å². The minimum absolute atomic E-state index is 0.0159. The second kappa shape index (κ2) is 5.08. The highest BCUT2D eigenvalue weighted by Gasteiger charge is 2.25. The third-order valence-electron chi connectivity index (χ3n) is 1.91. The minimum Gasteiger partial charge on any atom is -0.387 e. The maximum atomic E-state index is 12.0. The van der Waals surface area contributed by atoms with Crippen molar-refractivity contribution in [1.82, 2.24) is 14.3 Å². The number of imidazole rings is 1. The Kier molecular flexibility index (Phi) is 4.02. The molecular weight excluding hydrogens is 230 g/mol. The van der Waals surface area contributed by atoms with Gasteiger partial charge in [-0.05, 0) is 6.42 Å². The Labute approximate surface area is 94.2 Å². The number of hydrogen-bond acceptors (Lipinski definition) is 4. The zero-order valence-electron chi connectivity index (χ0n) is 8.97. The molecule has 4 N–H and O–H groups in total. The van der Waals surface area contributed by atoms with Crippen LogP contribution >= 0.6 is 0 Å². The summed E-state index contributed by atoms with van der Waals surface area (Å²) in [6.45, 7) is 2.08. The summed E-state index contributed by atoms with van der Waals surface area (Å²) < 4.78 is 25.2. The van der Waals surface area contributed by atoms with E-state index in [-0.39, 0.29) is 17.4 Å². The van der Waals surface area contributed by atoms with Crippen molar-refractivity contribution >= 4 is 15.9 Å². The summed E-state index contributed by atoms with van der Waals surface area (Å²) in [6.07, 6.45) is 3.18. The van der Waals surface area contributed by atoms with Crippen LogP contribution in [0.25, 0.3) is 0 Å². The zero-order valence-corrected chi connectivity index (χ0v) is 9.79. The van der Waals surface area contributed by atoms with Crippen LogP contribution in [0.5, 0.6) is 0 Å². The molecule has 90 valence electrons. The number of hydrogen-bond donors (Lipinski definition) is 3. The van der Waals surface area contributed by atoms with Gasteiger partial charge in [-0.25, -0.2) is 13.4 Å². The van der Waals surface area contributed by atoms with Crippen LogP contribution in [0.15, 0.2) is 17.6 Å². The van der Waals surface area contributed by atoms with Gasteiger partial charge < -0.3 is 10.7 Å². The van der Waals surface area contributed by atoms with Crippen LogP contribution < -0.4 is 5.73 Å². The van der Waals surface area contributed by atoms with E-state index in [2.05, 4.69) is 9.97 Å². The highest BCUT2D eigenvalue weighted by atomic mass is 32.2. The molecule has 8 heteroatoms. The van der Waals surface area contributed by atoms with Crippen molar-refractivity contribution in [2.45, 2.75) is 18.4 Å². The lowest BCUT2D eigenvalue weighted by molar-refractivity contribution is 0.445. The van der Waals surface area contributed by atoms with E-state index in [1.807, 2.05) is 6.92 Å². The van der Waals surface area contributed by atoms with Gasteiger partial charge in [-0.2, -0.15) is 4.31 Å². The number of rotatable bonds is 6. The van der Waals surface area contributed by atoms with Gasteiger partial charge >= 0.3 is 0 Å². The highest BCUT2D eigenvalue weighted by Crippen LogP contribution is 2.11. The second-order valence-corrected chi connectivity index (χ2v) is 5.19. The van der Waals surface area contributed by atoms with Gasteiger partial charge in [0.15, 0.2) is 5.03 Å². The molecule has 0 saturated carbocycles. The fourth-order valence-corrected chi connectivity index (χ4v) is 2.65. The summed E-state index contributed by atoms with van der Waals surface area (Å²) >= 11 is 0. The van der Waals surface area contributed by atoms with Gasteiger partial charge in [0.05, 0.1) is 19.1 Å². The molecule has 1 aromatic heterocycles. The van der Waals surface area contributed by atoms with Crippen molar-refractivity contribution in [2.75, 3.05) is 13.1 Å². The topological polar surface area (TPSA) is 116 Å². The van der Waals surface area contributed by atoms with E-state index >= 15 is 0 Å². The third kappa shape index (κ3) is 2.80. The number of H-pyrrole nitrogens is 1. The summed E-state index contributed by atoms with van der Waals surface area (Å²) in [5.41, 5.74) is 5.23. The molecule has 1 aromatic rings. The molecule has 16 heavy (non-hydrogen) atoms. The molecule has 0 aliphatic carbocycles. The maximum absolute atomic E-state index is 12.0. The molecule has 1 heterocycles. The van der Waals surface area contributed by atoms with E-state index in [9.17, 15) is 8.42 Å². The number of amidine groups is 1. The van der Waals surface area contributed by atoms with Gasteiger partial charge in [0.25, 0.3) is 10.0 Å². The van der Waals surface area contributed by atoms with E-state index in [1.54, 1.807) is 0 Å². The van der Waals surface area contributed by atoms with Crippen LogP contribution in [0.4, 0.5) is 0 Å². The number of nitrogens with zero attached hydrogens (tertiary/aromatic N) is 2. The Morgan fingerprint density at radius 1 is 1.69 bits per heavy atom. The van der Waals surface area contributed by atoms with Crippen LogP contribution in [-0.2, 0) is 10.0 Å². The lowest BCUT2D eigenvalue weighted by Gasteiger charge is -2.19. The SMILES string of the molecule is CCCN(CC(=N)N)S(=O)(=O)c1cnc[nH]1. The van der Waals surface area contributed by atoms with E-state index in [4.69, 9.17) is 11.1 Å². The van der Waals surface area contributed by atoms with Gasteiger partial charge in [-0.15, -0.1) is 0 Å². The maximum Gasteiger partial charge on any atom is 0.260 e. The fourth-order valence-electron chi connectivity index (χ4n) is 1.25. The Morgan fingerprint density at radius 2 is 2.38 bits per heavy atom. The largest absolute Gasteiger partial charge is 0.387 e. The summed E-state index contributed by atoms with van der Waals surface area (Å²) in [4.78, 5) is 6.20. The minimum atomic E-state index is -3.62. The second-order valence-electron chi connectivity index (χ2n) is 3.28. The lowest BCUT2D eigenvalue weighted by Crippen LogP contribution is -2.38. The molecule has 1 rings (SSSR count). The molecule has 0 spiro atoms. The molecule has 0 radical (unpaired) electrons. The Balaban J connectivity index is 2.97. The predicted octanol–water partition coefficient (Wildman–Crippen LogP) is -0.254. The highest BCUT2D eigenvalue weighted by molar-refractivity contribution is 7.89. The summed E-state index contributed by atoms with van der Waals surface area (Å²) in [5, 5.41) is 7.17. The quantitative estimate of drug-likeness (QED) is 0.473. The number of aromatic amines is 1. The van der Waals surface area contributed by atoms with Crippen LogP contribution in [0, 0.1) is 5.41 Å². The van der Waals surface area contributed by atoms with E-state index in [0.29, 0.717) is 13.0 Å². The molecule has 0 amide bonds. The summed E-state index contributed by atoms with van der Waals surface area (Å²) in [6, 6.07) is 0. The molecule has 0 aromatic carbocycles. The van der Waals surface area contributed by atoms with Gasteiger partial charge in [-0.3, -0.25) is 5.41 Å². The van der Waals surface area contributed by atoms with Crippen LogP contribution in [0.2, 0.25) is 0 Å². The van der Waals surface area contributed by atoms with Crippen molar-refractivity contribution in [3.8, 4) is 0 Å². The fraction of sp³-hybridized carbons (Fsp3) is 0.500. The van der Waals surface area contributed by atoms with Gasteiger partial charge in [-0.1, -0.05) is 6.92 Å². The van der Waals surface area contributed by atoms with Crippen LogP contribution in [0.3, 0.4) is 0 Å². The molecule has 0 bridgehead atoms. The number of nitrogens with one attached hydrogen (secondary N) is 2. The van der Waals surface area contributed by atoms with E-state index in [0.717, 1.165) is 4.31 Å². The normalized spacial score (nSPS) is 11.9. The van der Waals surface area contributed by atoms with Gasteiger partial charge in [0, 0.05) is 6.54 Å². The number of sulfonamides is 1. The van der Waals surface area contributed by atoms with Crippen LogP contribution in [-0.4, -0.2) is 41.6 Å². The first kappa shape index (κ1) is 12.7. The number of nitrogens with two attached hydrogens (primary N) is 1. The monoisotopic (exact) mass is 245 g/mol. The average Bonchev–Trinajstić information content (AvgIpc) is 2.69. The number of aromatic nitrogens is 2. The van der Waals surface area contributed by atoms with E-state index < -0.39 is 10.0 Å². The first-order valence-corrected chi connectivity index (χ1v) is 6.24. The zero-order chi connectivity index (χ0) is 12.2. The van der Waals surface area contributed by atoms with Crippen LogP contribution in [0.1, 0.15) is 13.3 Å². The van der Waals surface area contributed by atoms with Crippen molar-refractivity contribution in [2.24, 2.45) is 5.73 Å². The van der Waals surface area contributed by atoms with Crippen molar-refractivity contribution in [3.63, 3.8) is 0 Å². The lowest BCUT2D eigenvalue weighted by atomic mass is 10.4. The molecular formula is C8H15N5O2S. The first-order valence-electron chi connectivity index (χ1n) is 4.80. The van der Waals surface area contributed by atoms with Gasteiger partial charge in [0.2, 0.25) is 0 Å². The molecule has 0 fully saturated rings. The smallest absolute Gasteiger partial charge is 0.260 e. The van der Waals surface area contributed by atoms with E-state index in [1.165, 1.54) is 12.5 Å². The summed E-state index contributed by atoms with van der Waals surface area (Å²) in [7, 11) is -3.62. The van der Waals surface area contributed by atoms with Gasteiger partial charge in [0.1, 0.15) is 5.84 Å². The average molecular weight is 245 g/mol. The molecule has 0 atom stereocenters. The molecule has 0 unspecified atom stereocenters. The third-order valence-corrected chi connectivity index (χ3v) is 3.68. The van der Waals surface area contributed by atoms with Crippen molar-refractivity contribution in [3.05, 3.63) is 12.5 Å². The molecule has 0 saturated heterocycles. The van der Waals surface area contributed by atoms with Crippen molar-refractivity contribution in [1.29, 1.82) is 5.41 Å². The standard InChI is InChI=1S/C8H15N5O2S/c1-2-3-13(5-7(9)10)16(14,15)8-4-11-6-12-8/h4,6H,2-3,5H2,1H3,(H3,9,10)(H,11,12). The Morgan fingerprint density at radius 3 is 2.81 bits per heavy atom. The molecule has 0 aliphatic rings. The molecule has 0 aliphatic heterocycles. The summed E-state index contributed by atoms with van der Waals surface area (Å²) in [5.74, 6) is -0.184. The predicted molar refractivity (Wildman–Crippen MR) is 59.6 cm³/mol. The molecule has 7 nitrogen and oxygen atoms in total. The Bertz CT molecular complexity index is 439. The first-order chi connectivity index (χ1) is 7.48.